The van der Waals surface area contributed by atoms with Gasteiger partial charge in [-0.1, -0.05) is 18.7 Å². The number of aliphatic carboxylic acids is 1. The molecule has 1 N–H and O–H groups in total. The van der Waals surface area contributed by atoms with Crippen molar-refractivity contribution in [3.63, 3.8) is 0 Å². The molecule has 2 heteroatoms. The van der Waals surface area contributed by atoms with Crippen molar-refractivity contribution in [2.24, 2.45) is 0 Å². The van der Waals surface area contributed by atoms with Crippen LogP contribution in [-0.4, -0.2) is 11.1 Å². The highest BCUT2D eigenvalue weighted by Gasteiger charge is 2.06. The lowest BCUT2D eigenvalue weighted by Gasteiger charge is -1.99. The molecule has 0 amide bonds. The summed E-state index contributed by atoms with van der Waals surface area (Å²) in [6.07, 6.45) is 1.50. The number of carboxylic acids is 1. The summed E-state index contributed by atoms with van der Waals surface area (Å²) in [7, 11) is 0. The summed E-state index contributed by atoms with van der Waals surface area (Å²) in [6, 6.07) is 0. The van der Waals surface area contributed by atoms with Gasteiger partial charge in [-0.2, -0.15) is 0 Å². The molecule has 0 saturated carbocycles. The van der Waals surface area contributed by atoms with Crippen molar-refractivity contribution >= 4 is 5.97 Å². The lowest BCUT2D eigenvalue weighted by Crippen LogP contribution is -2.01. The molecule has 0 aromatic heterocycles. The topological polar surface area (TPSA) is 37.3 Å². The molecule has 0 atom stereocenters. The van der Waals surface area contributed by atoms with Gasteiger partial charge < -0.3 is 5.11 Å². The zero-order valence-electron chi connectivity index (χ0n) is 6.85. The molecule has 0 bridgehead atoms. The monoisotopic (exact) mass is 152 g/mol. The summed E-state index contributed by atoms with van der Waals surface area (Å²) < 4.78 is 0. The Morgan fingerprint density at radius 2 is 1.82 bits per heavy atom. The Balaban J connectivity index is 4.75. The van der Waals surface area contributed by atoms with E-state index >= 15 is 0 Å². The van der Waals surface area contributed by atoms with E-state index < -0.39 is 5.97 Å². The van der Waals surface area contributed by atoms with E-state index in [-0.39, 0.29) is 5.57 Å². The highest BCUT2D eigenvalue weighted by atomic mass is 16.4. The van der Waals surface area contributed by atoms with Crippen molar-refractivity contribution in [1.29, 1.82) is 0 Å². The number of hydrogen-bond donors (Lipinski definition) is 1. The van der Waals surface area contributed by atoms with E-state index in [1.54, 1.807) is 13.8 Å². The van der Waals surface area contributed by atoms with E-state index in [1.165, 1.54) is 6.08 Å². The first-order valence-electron chi connectivity index (χ1n) is 3.21. The predicted molar refractivity (Wildman–Crippen MR) is 45.3 cm³/mol. The Hall–Kier alpha value is -1.31. The van der Waals surface area contributed by atoms with Crippen LogP contribution in [0, 0.1) is 0 Å². The maximum Gasteiger partial charge on any atom is 0.335 e. The Labute approximate surface area is 66.5 Å². The highest BCUT2D eigenvalue weighted by Crippen LogP contribution is 2.09. The van der Waals surface area contributed by atoms with Gasteiger partial charge in [-0.15, -0.1) is 0 Å². The third kappa shape index (κ3) is 3.40. The summed E-state index contributed by atoms with van der Waals surface area (Å²) in [4.78, 5) is 10.5. The molecule has 0 saturated heterocycles. The Kier molecular flexibility index (Phi) is 3.31. The van der Waals surface area contributed by atoms with Crippen LogP contribution < -0.4 is 0 Å². The van der Waals surface area contributed by atoms with E-state index in [4.69, 9.17) is 5.11 Å². The summed E-state index contributed by atoms with van der Waals surface area (Å²) in [6.45, 7) is 10.5. The third-order valence-electron chi connectivity index (χ3n) is 1.08. The van der Waals surface area contributed by atoms with Gasteiger partial charge in [0.25, 0.3) is 0 Å². The van der Waals surface area contributed by atoms with Crippen molar-refractivity contribution in [2.75, 3.05) is 0 Å². The average molecular weight is 152 g/mol. The number of rotatable bonds is 3. The molecule has 0 aromatic rings. The lowest BCUT2D eigenvalue weighted by atomic mass is 10.1. The van der Waals surface area contributed by atoms with Crippen molar-refractivity contribution in [2.45, 2.75) is 13.8 Å². The molecular weight excluding hydrogens is 140 g/mol. The van der Waals surface area contributed by atoms with Crippen LogP contribution in [0.1, 0.15) is 13.8 Å². The van der Waals surface area contributed by atoms with Gasteiger partial charge in [-0.05, 0) is 25.5 Å². The van der Waals surface area contributed by atoms with E-state index in [2.05, 4.69) is 13.2 Å². The molecule has 0 aliphatic heterocycles. The van der Waals surface area contributed by atoms with Gasteiger partial charge in [0.15, 0.2) is 0 Å². The Morgan fingerprint density at radius 1 is 1.36 bits per heavy atom. The molecule has 0 aliphatic rings. The second-order valence-electron chi connectivity index (χ2n) is 2.49. The molecule has 0 rings (SSSR count). The summed E-state index contributed by atoms with van der Waals surface area (Å²) >= 11 is 0. The van der Waals surface area contributed by atoms with E-state index in [1.807, 2.05) is 0 Å². The minimum atomic E-state index is -0.958. The molecule has 0 unspecified atom stereocenters. The van der Waals surface area contributed by atoms with E-state index in [0.717, 1.165) is 0 Å². The molecule has 0 fully saturated rings. The molecule has 2 nitrogen and oxygen atoms in total. The van der Waals surface area contributed by atoms with Gasteiger partial charge >= 0.3 is 5.97 Å². The largest absolute Gasteiger partial charge is 0.478 e. The first-order chi connectivity index (χ1) is 4.95. The number of hydrogen-bond acceptors (Lipinski definition) is 1. The lowest BCUT2D eigenvalue weighted by molar-refractivity contribution is -0.132. The van der Waals surface area contributed by atoms with Crippen LogP contribution in [0.25, 0.3) is 0 Å². The maximum atomic E-state index is 10.5. The zero-order chi connectivity index (χ0) is 9.02. The second kappa shape index (κ2) is 3.76. The Bertz CT molecular complexity index is 218. The molecule has 11 heavy (non-hydrogen) atoms. The molecule has 0 spiro atoms. The number of carbonyl (C=O) groups is 1. The standard InChI is InChI=1S/C9H12O2/c1-6(2)5-8(7(3)4)9(10)11/h5H,1,3H2,2,4H3,(H,10,11)/b8-5+. The van der Waals surface area contributed by atoms with Crippen LogP contribution in [0.15, 0.2) is 36.0 Å². The van der Waals surface area contributed by atoms with Gasteiger partial charge in [-0.3, -0.25) is 0 Å². The minimum absolute atomic E-state index is 0.220. The number of allylic oxidation sites excluding steroid dienone is 2. The summed E-state index contributed by atoms with van der Waals surface area (Å²) in [5, 5.41) is 8.62. The SMILES string of the molecule is C=C(C)/C=C(\C(=C)C)C(=O)O. The quantitative estimate of drug-likeness (QED) is 0.497. The van der Waals surface area contributed by atoms with Crippen LogP contribution in [0.4, 0.5) is 0 Å². The van der Waals surface area contributed by atoms with Gasteiger partial charge in [0.1, 0.15) is 0 Å². The minimum Gasteiger partial charge on any atom is -0.478 e. The molecule has 60 valence electrons. The molecule has 0 heterocycles. The van der Waals surface area contributed by atoms with Crippen LogP contribution in [0.5, 0.6) is 0 Å². The van der Waals surface area contributed by atoms with Crippen LogP contribution in [0.3, 0.4) is 0 Å². The fourth-order valence-corrected chi connectivity index (χ4v) is 0.614. The highest BCUT2D eigenvalue weighted by molar-refractivity contribution is 5.91. The van der Waals surface area contributed by atoms with Gasteiger partial charge in [0.05, 0.1) is 5.57 Å². The average Bonchev–Trinajstić information content (AvgIpc) is 1.81. The van der Waals surface area contributed by atoms with Crippen molar-refractivity contribution in [3.05, 3.63) is 36.0 Å². The number of carboxylic acid groups (broad SMARTS) is 1. The second-order valence-corrected chi connectivity index (χ2v) is 2.49. The molecule has 0 aliphatic carbocycles. The van der Waals surface area contributed by atoms with Crippen molar-refractivity contribution in [3.8, 4) is 0 Å². The third-order valence-corrected chi connectivity index (χ3v) is 1.08. The first kappa shape index (κ1) is 9.69. The van der Waals surface area contributed by atoms with Crippen LogP contribution >= 0.6 is 0 Å². The van der Waals surface area contributed by atoms with Gasteiger partial charge in [0.2, 0.25) is 0 Å². The molecular formula is C9H12O2. The molecule has 0 radical (unpaired) electrons. The summed E-state index contributed by atoms with van der Waals surface area (Å²) in [5.41, 5.74) is 1.48. The van der Waals surface area contributed by atoms with Crippen molar-refractivity contribution in [1.82, 2.24) is 0 Å². The van der Waals surface area contributed by atoms with E-state index in [0.29, 0.717) is 11.1 Å². The summed E-state index contributed by atoms with van der Waals surface area (Å²) in [5.74, 6) is -0.958. The van der Waals surface area contributed by atoms with Crippen LogP contribution in [0.2, 0.25) is 0 Å². The van der Waals surface area contributed by atoms with Gasteiger partial charge in [-0.25, -0.2) is 4.79 Å². The Morgan fingerprint density at radius 3 is 1.91 bits per heavy atom. The van der Waals surface area contributed by atoms with Crippen molar-refractivity contribution < 1.29 is 9.90 Å². The first-order valence-corrected chi connectivity index (χ1v) is 3.21. The zero-order valence-corrected chi connectivity index (χ0v) is 6.85. The van der Waals surface area contributed by atoms with Gasteiger partial charge in [0, 0.05) is 0 Å². The maximum absolute atomic E-state index is 10.5. The molecule has 0 aromatic carbocycles. The van der Waals surface area contributed by atoms with Crippen LogP contribution in [-0.2, 0) is 4.79 Å². The predicted octanol–water partition coefficient (Wildman–Crippen LogP) is 2.15. The fraction of sp³-hybridized carbons (Fsp3) is 0.222. The normalized spacial score (nSPS) is 10.9. The van der Waals surface area contributed by atoms with E-state index in [9.17, 15) is 4.79 Å². The fourth-order valence-electron chi connectivity index (χ4n) is 0.614. The smallest absolute Gasteiger partial charge is 0.335 e.